The van der Waals surface area contributed by atoms with Gasteiger partial charge in [0, 0.05) is 38.5 Å². The standard InChI is InChI=1S/C21H17BrN2O2/c1-2-24-19-6-4-3-5-15(19)16-12-14(8-10-20(16)24)23-18-9-7-13(22)11-17(18)21(25)26/h3-12,23H,2H2,1H3,(H,25,26). The molecule has 0 saturated heterocycles. The van der Waals surface area contributed by atoms with Crippen LogP contribution in [0.1, 0.15) is 17.3 Å². The van der Waals surface area contributed by atoms with Gasteiger partial charge in [-0.25, -0.2) is 4.79 Å². The maximum atomic E-state index is 11.5. The van der Waals surface area contributed by atoms with Crippen molar-refractivity contribution in [2.45, 2.75) is 13.5 Å². The van der Waals surface area contributed by atoms with Crippen LogP contribution < -0.4 is 5.32 Å². The molecule has 5 heteroatoms. The molecule has 4 rings (SSSR count). The Morgan fingerprint density at radius 1 is 1.04 bits per heavy atom. The predicted octanol–water partition coefficient (Wildman–Crippen LogP) is 6.02. The van der Waals surface area contributed by atoms with Crippen LogP contribution in [0.4, 0.5) is 11.4 Å². The second-order valence-electron chi connectivity index (χ2n) is 6.11. The number of aromatic nitrogens is 1. The minimum atomic E-state index is -0.961. The molecule has 3 aromatic carbocycles. The number of nitrogens with zero attached hydrogens (tertiary/aromatic N) is 1. The zero-order valence-corrected chi connectivity index (χ0v) is 15.7. The van der Waals surface area contributed by atoms with E-state index in [1.165, 1.54) is 16.4 Å². The Morgan fingerprint density at radius 3 is 2.58 bits per heavy atom. The van der Waals surface area contributed by atoms with Crippen molar-refractivity contribution in [3.05, 3.63) is 70.7 Å². The first kappa shape index (κ1) is 16.7. The molecule has 4 nitrogen and oxygen atoms in total. The van der Waals surface area contributed by atoms with Gasteiger partial charge in [0.05, 0.1) is 11.3 Å². The minimum Gasteiger partial charge on any atom is -0.478 e. The lowest BCUT2D eigenvalue weighted by atomic mass is 10.1. The largest absolute Gasteiger partial charge is 0.478 e. The quantitative estimate of drug-likeness (QED) is 0.434. The van der Waals surface area contributed by atoms with Gasteiger partial charge in [-0.15, -0.1) is 0 Å². The van der Waals surface area contributed by atoms with Crippen molar-refractivity contribution < 1.29 is 9.90 Å². The van der Waals surface area contributed by atoms with Crippen LogP contribution in [-0.2, 0) is 6.54 Å². The first-order valence-corrected chi connectivity index (χ1v) is 9.18. The predicted molar refractivity (Wildman–Crippen MR) is 110 cm³/mol. The molecule has 0 bridgehead atoms. The van der Waals surface area contributed by atoms with Crippen molar-refractivity contribution in [2.75, 3.05) is 5.32 Å². The lowest BCUT2D eigenvalue weighted by Gasteiger charge is -2.11. The molecule has 26 heavy (non-hydrogen) atoms. The van der Waals surface area contributed by atoms with E-state index in [1.807, 2.05) is 24.3 Å². The Morgan fingerprint density at radius 2 is 1.81 bits per heavy atom. The Balaban J connectivity index is 1.84. The van der Waals surface area contributed by atoms with Crippen LogP contribution in [0, 0.1) is 0 Å². The second kappa shape index (κ2) is 6.50. The number of hydrogen-bond donors (Lipinski definition) is 2. The number of nitrogens with one attached hydrogen (secondary N) is 1. The van der Waals surface area contributed by atoms with Crippen molar-refractivity contribution in [1.82, 2.24) is 4.57 Å². The summed E-state index contributed by atoms with van der Waals surface area (Å²) in [5.41, 5.74) is 4.04. The third kappa shape index (κ3) is 2.74. The van der Waals surface area contributed by atoms with Crippen LogP contribution >= 0.6 is 15.9 Å². The summed E-state index contributed by atoms with van der Waals surface area (Å²) in [5, 5.41) is 15.1. The fraction of sp³-hybridized carbons (Fsp3) is 0.0952. The molecule has 4 aromatic rings. The number of anilines is 2. The highest BCUT2D eigenvalue weighted by molar-refractivity contribution is 9.10. The Kier molecular flexibility index (Phi) is 4.17. The van der Waals surface area contributed by atoms with E-state index in [1.54, 1.807) is 12.1 Å². The van der Waals surface area contributed by atoms with Crippen molar-refractivity contribution in [2.24, 2.45) is 0 Å². The van der Waals surface area contributed by atoms with Crippen molar-refractivity contribution >= 4 is 55.1 Å². The zero-order chi connectivity index (χ0) is 18.3. The summed E-state index contributed by atoms with van der Waals surface area (Å²) in [5.74, 6) is -0.961. The van der Waals surface area contributed by atoms with Gasteiger partial charge < -0.3 is 15.0 Å². The van der Waals surface area contributed by atoms with E-state index < -0.39 is 5.97 Å². The molecule has 130 valence electrons. The number of carboxylic acid groups (broad SMARTS) is 1. The van der Waals surface area contributed by atoms with Gasteiger partial charge in [-0.05, 0) is 49.4 Å². The number of aryl methyl sites for hydroxylation is 1. The molecule has 0 saturated carbocycles. The highest BCUT2D eigenvalue weighted by atomic mass is 79.9. The van der Waals surface area contributed by atoms with Crippen LogP contribution in [0.2, 0.25) is 0 Å². The van der Waals surface area contributed by atoms with Gasteiger partial charge in [0.15, 0.2) is 0 Å². The van der Waals surface area contributed by atoms with Crippen molar-refractivity contribution in [3.8, 4) is 0 Å². The molecular formula is C21H17BrN2O2. The van der Waals surface area contributed by atoms with Gasteiger partial charge in [-0.3, -0.25) is 0 Å². The lowest BCUT2D eigenvalue weighted by molar-refractivity contribution is 0.0698. The normalized spacial score (nSPS) is 11.2. The fourth-order valence-corrected chi connectivity index (χ4v) is 3.79. The van der Waals surface area contributed by atoms with E-state index in [9.17, 15) is 9.90 Å². The molecule has 0 fully saturated rings. The average Bonchev–Trinajstić information content (AvgIpc) is 2.96. The highest BCUT2D eigenvalue weighted by Crippen LogP contribution is 2.32. The molecule has 0 amide bonds. The summed E-state index contributed by atoms with van der Waals surface area (Å²) in [6.45, 7) is 3.03. The topological polar surface area (TPSA) is 54.3 Å². The minimum absolute atomic E-state index is 0.232. The maximum absolute atomic E-state index is 11.5. The lowest BCUT2D eigenvalue weighted by Crippen LogP contribution is -2.02. The van der Waals surface area contributed by atoms with Crippen LogP contribution in [0.15, 0.2) is 65.1 Å². The van der Waals surface area contributed by atoms with E-state index in [4.69, 9.17) is 0 Å². The SMILES string of the molecule is CCn1c2ccccc2c2cc(Nc3ccc(Br)cc3C(=O)O)ccc21. The first-order valence-electron chi connectivity index (χ1n) is 8.39. The number of carbonyl (C=O) groups is 1. The summed E-state index contributed by atoms with van der Waals surface area (Å²) >= 11 is 3.33. The van der Waals surface area contributed by atoms with Gasteiger partial charge in [0.2, 0.25) is 0 Å². The Hall–Kier alpha value is -2.79. The third-order valence-electron chi connectivity index (χ3n) is 4.58. The van der Waals surface area contributed by atoms with Crippen molar-refractivity contribution in [1.29, 1.82) is 0 Å². The van der Waals surface area contributed by atoms with Gasteiger partial charge in [0.1, 0.15) is 0 Å². The first-order chi connectivity index (χ1) is 12.6. The number of para-hydroxylation sites is 1. The molecule has 1 aromatic heterocycles. The summed E-state index contributed by atoms with van der Waals surface area (Å²) in [6, 6.07) is 19.7. The molecule has 0 unspecified atom stereocenters. The van der Waals surface area contributed by atoms with E-state index in [2.05, 4.69) is 57.0 Å². The molecule has 0 aliphatic heterocycles. The number of hydrogen-bond acceptors (Lipinski definition) is 2. The van der Waals surface area contributed by atoms with Crippen molar-refractivity contribution in [3.63, 3.8) is 0 Å². The monoisotopic (exact) mass is 408 g/mol. The summed E-state index contributed by atoms with van der Waals surface area (Å²) in [7, 11) is 0. The molecular weight excluding hydrogens is 392 g/mol. The second-order valence-corrected chi connectivity index (χ2v) is 7.03. The van der Waals surface area contributed by atoms with E-state index in [0.29, 0.717) is 5.69 Å². The number of aromatic carboxylic acids is 1. The molecule has 1 heterocycles. The summed E-state index contributed by atoms with van der Waals surface area (Å²) in [4.78, 5) is 11.5. The van der Waals surface area contributed by atoms with Crippen LogP contribution in [0.25, 0.3) is 21.8 Å². The molecule has 2 N–H and O–H groups in total. The Labute approximate surface area is 159 Å². The summed E-state index contributed by atoms with van der Waals surface area (Å²) in [6.07, 6.45) is 0. The molecule has 0 aliphatic carbocycles. The van der Waals surface area contributed by atoms with Crippen LogP contribution in [0.3, 0.4) is 0 Å². The van der Waals surface area contributed by atoms with Gasteiger partial charge in [-0.1, -0.05) is 34.1 Å². The average molecular weight is 409 g/mol. The molecule has 0 radical (unpaired) electrons. The fourth-order valence-electron chi connectivity index (χ4n) is 3.43. The number of carboxylic acids is 1. The Bertz CT molecular complexity index is 1150. The number of halogens is 1. The molecule has 0 atom stereocenters. The zero-order valence-electron chi connectivity index (χ0n) is 14.2. The smallest absolute Gasteiger partial charge is 0.337 e. The van der Waals surface area contributed by atoms with E-state index >= 15 is 0 Å². The summed E-state index contributed by atoms with van der Waals surface area (Å²) < 4.78 is 3.03. The van der Waals surface area contributed by atoms with Gasteiger partial charge >= 0.3 is 5.97 Å². The highest BCUT2D eigenvalue weighted by Gasteiger charge is 2.13. The number of fused-ring (bicyclic) bond motifs is 3. The van der Waals surface area contributed by atoms with E-state index in [0.717, 1.165) is 22.1 Å². The third-order valence-corrected chi connectivity index (χ3v) is 5.07. The van der Waals surface area contributed by atoms with Crippen LogP contribution in [-0.4, -0.2) is 15.6 Å². The molecule has 0 spiro atoms. The maximum Gasteiger partial charge on any atom is 0.337 e. The van der Waals surface area contributed by atoms with Gasteiger partial charge in [0.25, 0.3) is 0 Å². The number of rotatable bonds is 4. The number of benzene rings is 3. The molecule has 0 aliphatic rings. The van der Waals surface area contributed by atoms with Crippen LogP contribution in [0.5, 0.6) is 0 Å². The van der Waals surface area contributed by atoms with E-state index in [-0.39, 0.29) is 5.56 Å². The van der Waals surface area contributed by atoms with Gasteiger partial charge in [-0.2, -0.15) is 0 Å².